The van der Waals surface area contributed by atoms with Gasteiger partial charge in [0.25, 0.3) is 0 Å². The Labute approximate surface area is 356 Å². The predicted octanol–water partition coefficient (Wildman–Crippen LogP) is 13.5. The van der Waals surface area contributed by atoms with Crippen molar-refractivity contribution in [3.8, 4) is 0 Å². The molecule has 0 heterocycles. The van der Waals surface area contributed by atoms with Crippen LogP contribution >= 0.6 is 7.82 Å². The fourth-order valence-electron chi connectivity index (χ4n) is 6.24. The molecule has 0 aliphatic carbocycles. The van der Waals surface area contributed by atoms with E-state index >= 15 is 0 Å². The van der Waals surface area contributed by atoms with E-state index < -0.39 is 26.5 Å². The molecule has 0 rings (SSSR count). The van der Waals surface area contributed by atoms with Gasteiger partial charge in [0.05, 0.1) is 27.7 Å². The SMILES string of the molecule is CC/C=C\C/C=C\C/C=C\C/C=C\CCCCCCCCCCCCCCCCCCC(=O)OC(COC(=O)CCCCCCC)COP(=O)(O)OCC[N+](C)(C)C. The summed E-state index contributed by atoms with van der Waals surface area (Å²) in [5.41, 5.74) is 0. The molecule has 0 aliphatic rings. The second-order valence-corrected chi connectivity index (χ2v) is 18.2. The molecule has 2 atom stereocenters. The summed E-state index contributed by atoms with van der Waals surface area (Å²) in [4.78, 5) is 35.0. The molecule has 338 valence electrons. The van der Waals surface area contributed by atoms with Crippen molar-refractivity contribution >= 4 is 19.8 Å². The third-order valence-corrected chi connectivity index (χ3v) is 10.9. The highest BCUT2D eigenvalue weighted by atomic mass is 31.2. The molecule has 0 fully saturated rings. The fraction of sp³-hybridized carbons (Fsp3) is 0.792. The summed E-state index contributed by atoms with van der Waals surface area (Å²) in [6, 6.07) is 0. The standard InChI is InChI=1S/C48H88NO8P/c1-6-8-10-12-13-14-15-16-17-18-19-20-21-22-23-24-25-26-27-28-29-30-31-32-33-34-35-37-39-41-48(51)57-46(44-54-47(50)40-38-36-11-9-7-2)45-56-58(52,53)55-43-42-49(3,4)5/h8,10,13-14,16-17,19-20,46H,6-7,9,11-12,15,18,21-45H2,1-5H3/p+1/b10-8-,14-13-,17-16-,20-19-. The second-order valence-electron chi connectivity index (χ2n) is 16.8. The number of phosphoric ester groups is 1. The zero-order valence-corrected chi connectivity index (χ0v) is 38.9. The molecule has 0 aromatic heterocycles. The summed E-state index contributed by atoms with van der Waals surface area (Å²) in [7, 11) is 1.48. The van der Waals surface area contributed by atoms with E-state index in [-0.39, 0.29) is 32.0 Å². The van der Waals surface area contributed by atoms with Crippen molar-refractivity contribution < 1.29 is 42.1 Å². The van der Waals surface area contributed by atoms with Gasteiger partial charge in [0.1, 0.15) is 19.8 Å². The van der Waals surface area contributed by atoms with E-state index in [4.69, 9.17) is 18.5 Å². The quantitative estimate of drug-likeness (QED) is 0.0213. The molecule has 0 saturated heterocycles. The van der Waals surface area contributed by atoms with Crippen LogP contribution in [-0.2, 0) is 32.7 Å². The van der Waals surface area contributed by atoms with Crippen LogP contribution in [0.15, 0.2) is 48.6 Å². The number of allylic oxidation sites excluding steroid dienone is 8. The minimum absolute atomic E-state index is 0.0321. The van der Waals surface area contributed by atoms with Gasteiger partial charge in [-0.25, -0.2) is 4.57 Å². The van der Waals surface area contributed by atoms with Gasteiger partial charge in [-0.3, -0.25) is 18.6 Å². The minimum atomic E-state index is -4.36. The molecule has 1 N–H and O–H groups in total. The van der Waals surface area contributed by atoms with Crippen molar-refractivity contribution in [1.29, 1.82) is 0 Å². The molecule has 0 radical (unpaired) electrons. The number of nitrogens with zero attached hydrogens (tertiary/aromatic N) is 1. The molecule has 0 bridgehead atoms. The maximum Gasteiger partial charge on any atom is 0.472 e. The Morgan fingerprint density at radius 1 is 0.552 bits per heavy atom. The fourth-order valence-corrected chi connectivity index (χ4v) is 6.98. The Bertz CT molecular complexity index is 1130. The second kappa shape index (κ2) is 40.4. The van der Waals surface area contributed by atoms with Crippen LogP contribution < -0.4 is 0 Å². The number of rotatable bonds is 42. The van der Waals surface area contributed by atoms with E-state index in [9.17, 15) is 19.0 Å². The summed E-state index contributed by atoms with van der Waals surface area (Å²) < 4.78 is 34.1. The number of esters is 2. The first-order chi connectivity index (χ1) is 28.0. The largest absolute Gasteiger partial charge is 0.472 e. The molecule has 0 aliphatic heterocycles. The van der Waals surface area contributed by atoms with Crippen LogP contribution in [0.3, 0.4) is 0 Å². The van der Waals surface area contributed by atoms with E-state index in [1.165, 1.54) is 89.9 Å². The van der Waals surface area contributed by atoms with Gasteiger partial charge in [0.15, 0.2) is 6.10 Å². The highest BCUT2D eigenvalue weighted by molar-refractivity contribution is 7.47. The Kier molecular flexibility index (Phi) is 39.0. The van der Waals surface area contributed by atoms with Gasteiger partial charge in [-0.2, -0.15) is 0 Å². The van der Waals surface area contributed by atoms with Crippen LogP contribution in [0.1, 0.15) is 194 Å². The third kappa shape index (κ3) is 43.5. The van der Waals surface area contributed by atoms with Crippen molar-refractivity contribution in [2.45, 2.75) is 200 Å². The Balaban J connectivity index is 3.95. The minimum Gasteiger partial charge on any atom is -0.462 e. The number of carbonyl (C=O) groups excluding carboxylic acids is 2. The number of ether oxygens (including phenoxy) is 2. The smallest absolute Gasteiger partial charge is 0.462 e. The highest BCUT2D eigenvalue weighted by Gasteiger charge is 2.27. The van der Waals surface area contributed by atoms with Crippen molar-refractivity contribution in [1.82, 2.24) is 0 Å². The summed E-state index contributed by atoms with van der Waals surface area (Å²) in [6.45, 7) is 4.22. The topological polar surface area (TPSA) is 108 Å². The van der Waals surface area contributed by atoms with Gasteiger partial charge in [-0.05, 0) is 51.4 Å². The number of carbonyl (C=O) groups is 2. The highest BCUT2D eigenvalue weighted by Crippen LogP contribution is 2.43. The number of quaternary nitrogens is 1. The predicted molar refractivity (Wildman–Crippen MR) is 243 cm³/mol. The lowest BCUT2D eigenvalue weighted by Gasteiger charge is -2.24. The monoisotopic (exact) mass is 839 g/mol. The number of hydrogen-bond donors (Lipinski definition) is 1. The summed E-state index contributed by atoms with van der Waals surface area (Å²) in [5, 5.41) is 0. The van der Waals surface area contributed by atoms with Gasteiger partial charge in [-0.15, -0.1) is 0 Å². The zero-order chi connectivity index (χ0) is 42.8. The third-order valence-electron chi connectivity index (χ3n) is 9.87. The molecular weight excluding hydrogens is 750 g/mol. The van der Waals surface area contributed by atoms with Crippen LogP contribution in [-0.4, -0.2) is 74.9 Å². The molecule has 0 saturated carbocycles. The zero-order valence-electron chi connectivity index (χ0n) is 38.0. The maximum absolute atomic E-state index is 12.6. The Hall–Kier alpha value is -2.03. The van der Waals surface area contributed by atoms with Gasteiger partial charge < -0.3 is 18.9 Å². The average Bonchev–Trinajstić information content (AvgIpc) is 3.17. The van der Waals surface area contributed by atoms with E-state index in [0.29, 0.717) is 17.4 Å². The Morgan fingerprint density at radius 2 is 0.983 bits per heavy atom. The van der Waals surface area contributed by atoms with E-state index in [1.54, 1.807) is 0 Å². The summed E-state index contributed by atoms with van der Waals surface area (Å²) in [6.07, 6.45) is 48.0. The molecule has 10 heteroatoms. The number of unbranched alkanes of at least 4 members (excludes halogenated alkanes) is 20. The molecular formula is C48H89NO8P+. The van der Waals surface area contributed by atoms with Gasteiger partial charge >= 0.3 is 19.8 Å². The lowest BCUT2D eigenvalue weighted by Crippen LogP contribution is -2.37. The average molecular weight is 839 g/mol. The van der Waals surface area contributed by atoms with E-state index in [2.05, 4.69) is 62.5 Å². The normalized spacial score (nSPS) is 14.0. The molecule has 0 aromatic carbocycles. The van der Waals surface area contributed by atoms with Crippen molar-refractivity contribution in [3.05, 3.63) is 48.6 Å². The van der Waals surface area contributed by atoms with Gasteiger partial charge in [0, 0.05) is 12.8 Å². The molecule has 9 nitrogen and oxygen atoms in total. The lowest BCUT2D eigenvalue weighted by atomic mass is 10.0. The van der Waals surface area contributed by atoms with Crippen LogP contribution in [0.5, 0.6) is 0 Å². The Morgan fingerprint density at radius 3 is 1.47 bits per heavy atom. The maximum atomic E-state index is 12.6. The van der Waals surface area contributed by atoms with Crippen molar-refractivity contribution in [2.24, 2.45) is 0 Å². The number of hydrogen-bond acceptors (Lipinski definition) is 7. The van der Waals surface area contributed by atoms with Crippen LogP contribution in [0.2, 0.25) is 0 Å². The first-order valence-corrected chi connectivity index (χ1v) is 24.9. The van der Waals surface area contributed by atoms with E-state index in [1.807, 2.05) is 21.1 Å². The number of likely N-dealkylation sites (N-methyl/N-ethyl adjacent to an activating group) is 1. The molecule has 0 spiro atoms. The molecule has 0 aromatic rings. The molecule has 2 unspecified atom stereocenters. The first kappa shape index (κ1) is 56.0. The number of phosphoric acid groups is 1. The molecule has 58 heavy (non-hydrogen) atoms. The van der Waals surface area contributed by atoms with Crippen LogP contribution in [0, 0.1) is 0 Å². The van der Waals surface area contributed by atoms with Gasteiger partial charge in [0.2, 0.25) is 0 Å². The van der Waals surface area contributed by atoms with Gasteiger partial charge in [-0.1, -0.05) is 178 Å². The van der Waals surface area contributed by atoms with Crippen molar-refractivity contribution in [2.75, 3.05) is 47.5 Å². The lowest BCUT2D eigenvalue weighted by molar-refractivity contribution is -0.870. The summed E-state index contributed by atoms with van der Waals surface area (Å²) >= 11 is 0. The first-order valence-electron chi connectivity index (χ1n) is 23.4. The summed E-state index contributed by atoms with van der Waals surface area (Å²) in [5.74, 6) is -0.810. The molecule has 0 amide bonds. The van der Waals surface area contributed by atoms with Crippen LogP contribution in [0.4, 0.5) is 0 Å². The van der Waals surface area contributed by atoms with E-state index in [0.717, 1.165) is 70.6 Å². The van der Waals surface area contributed by atoms with Crippen molar-refractivity contribution in [3.63, 3.8) is 0 Å². The van der Waals surface area contributed by atoms with Crippen LogP contribution in [0.25, 0.3) is 0 Å².